The largest absolute Gasteiger partial charge is 0.261 e. The van der Waals surface area contributed by atoms with E-state index < -0.39 is 0 Å². The van der Waals surface area contributed by atoms with E-state index in [1.165, 1.54) is 5.56 Å². The fraction of sp³-hybridized carbons (Fsp3) is 0.615. The molecule has 0 saturated heterocycles. The van der Waals surface area contributed by atoms with E-state index in [0.29, 0.717) is 11.8 Å². The predicted octanol–water partition coefficient (Wildman–Crippen LogP) is 3.79. The van der Waals surface area contributed by atoms with Gasteiger partial charge in [0, 0.05) is 11.9 Å². The highest BCUT2D eigenvalue weighted by Gasteiger charge is 2.17. The van der Waals surface area contributed by atoms with Crippen molar-refractivity contribution in [3.05, 3.63) is 29.6 Å². The minimum atomic E-state index is 0.600. The topological polar surface area (TPSA) is 12.9 Å². The van der Waals surface area contributed by atoms with Crippen molar-refractivity contribution in [2.75, 3.05) is 0 Å². The van der Waals surface area contributed by atoms with Gasteiger partial charge in [0.25, 0.3) is 0 Å². The van der Waals surface area contributed by atoms with Crippen molar-refractivity contribution in [3.63, 3.8) is 0 Å². The molecule has 1 rings (SSSR count). The summed E-state index contributed by atoms with van der Waals surface area (Å²) in [5.41, 5.74) is 2.45. The van der Waals surface area contributed by atoms with E-state index in [1.807, 2.05) is 13.1 Å². The highest BCUT2D eigenvalue weighted by molar-refractivity contribution is 5.17. The van der Waals surface area contributed by atoms with Crippen LogP contribution in [0.3, 0.4) is 0 Å². The molecule has 0 aliphatic carbocycles. The van der Waals surface area contributed by atoms with E-state index in [1.54, 1.807) is 0 Å². The quantitative estimate of drug-likeness (QED) is 0.708. The van der Waals surface area contributed by atoms with Gasteiger partial charge in [-0.05, 0) is 36.3 Å². The average molecular weight is 191 g/mol. The monoisotopic (exact) mass is 191 g/mol. The second-order valence-electron chi connectivity index (χ2n) is 4.62. The molecule has 1 heteroatoms. The summed E-state index contributed by atoms with van der Waals surface area (Å²) in [6, 6.07) is 4.30. The van der Waals surface area contributed by atoms with E-state index in [2.05, 4.69) is 44.8 Å². The van der Waals surface area contributed by atoms with Crippen molar-refractivity contribution in [1.29, 1.82) is 0 Å². The van der Waals surface area contributed by atoms with Crippen molar-refractivity contribution in [2.45, 2.75) is 40.5 Å². The number of hydrogen-bond donors (Lipinski definition) is 0. The summed E-state index contributed by atoms with van der Waals surface area (Å²) in [5.74, 6) is 2.04. The Balaban J connectivity index is 2.78. The molecule has 0 aliphatic heterocycles. The third kappa shape index (κ3) is 2.57. The van der Waals surface area contributed by atoms with Crippen LogP contribution in [-0.2, 0) is 0 Å². The zero-order chi connectivity index (χ0) is 10.7. The van der Waals surface area contributed by atoms with Crippen LogP contribution in [0, 0.1) is 18.8 Å². The fourth-order valence-electron chi connectivity index (χ4n) is 1.63. The molecule has 1 aromatic heterocycles. The number of nitrogens with zero attached hydrogens (tertiary/aromatic N) is 1. The molecule has 0 bridgehead atoms. The molecular weight excluding hydrogens is 170 g/mol. The molecule has 14 heavy (non-hydrogen) atoms. The molecule has 0 N–H and O–H groups in total. The Hall–Kier alpha value is -0.850. The molecule has 0 aromatic carbocycles. The molecule has 1 aromatic rings. The first kappa shape index (κ1) is 11.2. The van der Waals surface area contributed by atoms with Crippen LogP contribution < -0.4 is 0 Å². The van der Waals surface area contributed by atoms with E-state index in [4.69, 9.17) is 0 Å². The highest BCUT2D eigenvalue weighted by atomic mass is 14.7. The SMILES string of the molecule is Cc1ccc(C(C)C(C)C(C)C)cn1. The van der Waals surface area contributed by atoms with Gasteiger partial charge in [-0.1, -0.05) is 33.8 Å². The maximum absolute atomic E-state index is 4.34. The van der Waals surface area contributed by atoms with Crippen molar-refractivity contribution in [1.82, 2.24) is 4.98 Å². The van der Waals surface area contributed by atoms with Crippen molar-refractivity contribution in [3.8, 4) is 0 Å². The van der Waals surface area contributed by atoms with E-state index >= 15 is 0 Å². The van der Waals surface area contributed by atoms with Crippen LogP contribution in [0.1, 0.15) is 44.9 Å². The van der Waals surface area contributed by atoms with E-state index in [9.17, 15) is 0 Å². The Morgan fingerprint density at radius 2 is 1.71 bits per heavy atom. The lowest BCUT2D eigenvalue weighted by atomic mass is 9.82. The average Bonchev–Trinajstić information content (AvgIpc) is 2.16. The second kappa shape index (κ2) is 4.59. The maximum atomic E-state index is 4.34. The highest BCUT2D eigenvalue weighted by Crippen LogP contribution is 2.28. The minimum absolute atomic E-state index is 0.600. The summed E-state index contributed by atoms with van der Waals surface area (Å²) in [7, 11) is 0. The van der Waals surface area contributed by atoms with Crippen LogP contribution >= 0.6 is 0 Å². The van der Waals surface area contributed by atoms with Gasteiger partial charge in [0.15, 0.2) is 0 Å². The third-order valence-corrected chi connectivity index (χ3v) is 3.30. The molecule has 0 amide bonds. The Morgan fingerprint density at radius 1 is 1.07 bits per heavy atom. The van der Waals surface area contributed by atoms with Gasteiger partial charge in [0.05, 0.1) is 0 Å². The molecule has 0 fully saturated rings. The molecule has 0 aliphatic rings. The van der Waals surface area contributed by atoms with Gasteiger partial charge in [0.1, 0.15) is 0 Å². The van der Waals surface area contributed by atoms with Crippen molar-refractivity contribution in [2.24, 2.45) is 11.8 Å². The van der Waals surface area contributed by atoms with Crippen LogP contribution in [0.2, 0.25) is 0 Å². The molecule has 1 nitrogen and oxygen atoms in total. The van der Waals surface area contributed by atoms with Gasteiger partial charge in [-0.15, -0.1) is 0 Å². The molecular formula is C13H21N. The molecule has 2 atom stereocenters. The summed E-state index contributed by atoms with van der Waals surface area (Å²) >= 11 is 0. The molecule has 2 unspecified atom stereocenters. The van der Waals surface area contributed by atoms with Gasteiger partial charge >= 0.3 is 0 Å². The Labute approximate surface area is 87.6 Å². The van der Waals surface area contributed by atoms with Gasteiger partial charge < -0.3 is 0 Å². The summed E-state index contributed by atoms with van der Waals surface area (Å²) in [6.45, 7) is 11.2. The lowest BCUT2D eigenvalue weighted by molar-refractivity contribution is 0.362. The maximum Gasteiger partial charge on any atom is 0.0372 e. The van der Waals surface area contributed by atoms with E-state index in [0.717, 1.165) is 11.6 Å². The number of pyridine rings is 1. The van der Waals surface area contributed by atoms with Crippen LogP contribution in [0.25, 0.3) is 0 Å². The Morgan fingerprint density at radius 3 is 2.14 bits per heavy atom. The predicted molar refractivity (Wildman–Crippen MR) is 61.4 cm³/mol. The van der Waals surface area contributed by atoms with Gasteiger partial charge in [-0.2, -0.15) is 0 Å². The van der Waals surface area contributed by atoms with E-state index in [-0.39, 0.29) is 0 Å². The van der Waals surface area contributed by atoms with Crippen LogP contribution in [-0.4, -0.2) is 4.98 Å². The standard InChI is InChI=1S/C13H21N/c1-9(2)11(4)12(5)13-7-6-10(3)14-8-13/h6-9,11-12H,1-5H3. The minimum Gasteiger partial charge on any atom is -0.261 e. The fourth-order valence-corrected chi connectivity index (χ4v) is 1.63. The first-order valence-corrected chi connectivity index (χ1v) is 5.45. The molecule has 0 saturated carbocycles. The summed E-state index contributed by atoms with van der Waals surface area (Å²) in [4.78, 5) is 4.34. The Kier molecular flexibility index (Phi) is 3.68. The first-order chi connectivity index (χ1) is 6.52. The summed E-state index contributed by atoms with van der Waals surface area (Å²) in [6.07, 6.45) is 2.01. The zero-order valence-electron chi connectivity index (χ0n) is 9.91. The number of aryl methyl sites for hydroxylation is 1. The lowest BCUT2D eigenvalue weighted by Crippen LogP contribution is -2.12. The molecule has 0 spiro atoms. The molecule has 0 radical (unpaired) electrons. The number of rotatable bonds is 3. The normalized spacial score (nSPS) is 15.6. The smallest absolute Gasteiger partial charge is 0.0372 e. The third-order valence-electron chi connectivity index (χ3n) is 3.30. The summed E-state index contributed by atoms with van der Waals surface area (Å²) < 4.78 is 0. The van der Waals surface area contributed by atoms with Gasteiger partial charge in [-0.3, -0.25) is 4.98 Å². The van der Waals surface area contributed by atoms with Crippen LogP contribution in [0.15, 0.2) is 18.3 Å². The van der Waals surface area contributed by atoms with Crippen LogP contribution in [0.4, 0.5) is 0 Å². The van der Waals surface area contributed by atoms with Crippen LogP contribution in [0.5, 0.6) is 0 Å². The lowest BCUT2D eigenvalue weighted by Gasteiger charge is -2.23. The first-order valence-electron chi connectivity index (χ1n) is 5.45. The van der Waals surface area contributed by atoms with Crippen molar-refractivity contribution >= 4 is 0 Å². The Bertz CT molecular complexity index is 274. The molecule has 78 valence electrons. The second-order valence-corrected chi connectivity index (χ2v) is 4.62. The van der Waals surface area contributed by atoms with Crippen molar-refractivity contribution < 1.29 is 0 Å². The number of hydrogen-bond acceptors (Lipinski definition) is 1. The summed E-state index contributed by atoms with van der Waals surface area (Å²) in [5, 5.41) is 0. The van der Waals surface area contributed by atoms with Gasteiger partial charge in [0.2, 0.25) is 0 Å². The zero-order valence-corrected chi connectivity index (χ0v) is 9.91. The van der Waals surface area contributed by atoms with Gasteiger partial charge in [-0.25, -0.2) is 0 Å². The number of aromatic nitrogens is 1. The molecule has 1 heterocycles.